The number of aromatic nitrogens is 2. The summed E-state index contributed by atoms with van der Waals surface area (Å²) >= 11 is 0. The smallest absolute Gasteiger partial charge is 0.264 e. The summed E-state index contributed by atoms with van der Waals surface area (Å²) in [7, 11) is 0. The van der Waals surface area contributed by atoms with Gasteiger partial charge in [-0.2, -0.15) is 0 Å². The molecule has 1 saturated heterocycles. The van der Waals surface area contributed by atoms with E-state index < -0.39 is 5.54 Å². The van der Waals surface area contributed by atoms with Crippen LogP contribution in [0.15, 0.2) is 91.3 Å². The molecule has 1 fully saturated rings. The average Bonchev–Trinajstić information content (AvgIpc) is 3.52. The van der Waals surface area contributed by atoms with Gasteiger partial charge in [-0.25, -0.2) is 0 Å². The van der Waals surface area contributed by atoms with E-state index in [1.807, 2.05) is 78.9 Å². The van der Waals surface area contributed by atoms with Gasteiger partial charge in [0.1, 0.15) is 0 Å². The van der Waals surface area contributed by atoms with Crippen LogP contribution in [0.1, 0.15) is 64.8 Å². The molecule has 2 aliphatic heterocycles. The Morgan fingerprint density at radius 2 is 1.46 bits per heavy atom. The standard InChI is InChI=1S/C33H32N6O2/c1-32(2,3)26-15-14-22(18-25(26)29(40)38-20-27-28(21-38)36-17-16-35-27)19-39-30(41)33(37-31(39)34,23-10-6-4-7-11-23)24-12-8-5-9-13-24/h4-18H,19-21H2,1-3H3,(H2,34,37). The number of nitrogens with zero attached hydrogens (tertiary/aromatic N) is 4. The molecule has 0 radical (unpaired) electrons. The van der Waals surface area contributed by atoms with Gasteiger partial charge in [-0.15, -0.1) is 0 Å². The molecule has 4 aromatic rings. The number of amides is 2. The maximum atomic E-state index is 14.3. The molecule has 2 N–H and O–H groups in total. The van der Waals surface area contributed by atoms with E-state index in [0.717, 1.165) is 33.6 Å². The number of rotatable bonds is 5. The Morgan fingerprint density at radius 1 is 0.902 bits per heavy atom. The molecule has 2 aliphatic rings. The summed E-state index contributed by atoms with van der Waals surface area (Å²) < 4.78 is 0. The normalized spacial score (nSPS) is 16.1. The minimum absolute atomic E-state index is 0.0163. The SMILES string of the molecule is CC(C)(C)c1ccc(CN2C(=N)NC(c3ccccc3)(c3ccccc3)C2=O)cc1C(=O)N1Cc2nccnc2C1. The van der Waals surface area contributed by atoms with Gasteiger partial charge >= 0.3 is 0 Å². The van der Waals surface area contributed by atoms with Gasteiger partial charge in [0.15, 0.2) is 11.5 Å². The summed E-state index contributed by atoms with van der Waals surface area (Å²) in [5, 5.41) is 12.1. The fourth-order valence-electron chi connectivity index (χ4n) is 5.78. The van der Waals surface area contributed by atoms with E-state index in [-0.39, 0.29) is 29.7 Å². The lowest BCUT2D eigenvalue weighted by Gasteiger charge is -2.28. The third-order valence-corrected chi connectivity index (χ3v) is 7.85. The molecule has 8 nitrogen and oxygen atoms in total. The van der Waals surface area contributed by atoms with Gasteiger partial charge in [-0.05, 0) is 33.7 Å². The number of hydrogen-bond donors (Lipinski definition) is 2. The van der Waals surface area contributed by atoms with Crippen molar-refractivity contribution in [3.63, 3.8) is 0 Å². The fourth-order valence-corrected chi connectivity index (χ4v) is 5.78. The topological polar surface area (TPSA) is 102 Å². The number of guanidine groups is 1. The van der Waals surface area contributed by atoms with Crippen LogP contribution in [-0.2, 0) is 35.4 Å². The molecule has 41 heavy (non-hydrogen) atoms. The van der Waals surface area contributed by atoms with Crippen LogP contribution in [0.3, 0.4) is 0 Å². The predicted octanol–water partition coefficient (Wildman–Crippen LogP) is 4.74. The zero-order chi connectivity index (χ0) is 28.8. The van der Waals surface area contributed by atoms with Crippen molar-refractivity contribution in [3.8, 4) is 0 Å². The zero-order valence-electron chi connectivity index (χ0n) is 23.4. The van der Waals surface area contributed by atoms with Crippen LogP contribution in [-0.4, -0.2) is 37.5 Å². The maximum Gasteiger partial charge on any atom is 0.264 e. The summed E-state index contributed by atoms with van der Waals surface area (Å²) in [6.07, 6.45) is 3.30. The number of benzene rings is 3. The van der Waals surface area contributed by atoms with Gasteiger partial charge in [0, 0.05) is 18.0 Å². The van der Waals surface area contributed by atoms with Gasteiger partial charge in [-0.1, -0.05) is 93.6 Å². The predicted molar refractivity (Wildman–Crippen MR) is 156 cm³/mol. The van der Waals surface area contributed by atoms with Crippen LogP contribution >= 0.6 is 0 Å². The van der Waals surface area contributed by atoms with Crippen LogP contribution < -0.4 is 5.32 Å². The Bertz CT molecular complexity index is 1580. The molecule has 206 valence electrons. The van der Waals surface area contributed by atoms with Crippen molar-refractivity contribution in [2.75, 3.05) is 0 Å². The van der Waals surface area contributed by atoms with E-state index in [9.17, 15) is 9.59 Å². The van der Waals surface area contributed by atoms with Crippen molar-refractivity contribution in [2.24, 2.45) is 0 Å². The lowest BCUT2D eigenvalue weighted by Crippen LogP contribution is -2.45. The molecule has 2 amide bonds. The second-order valence-corrected chi connectivity index (χ2v) is 11.6. The molecule has 3 heterocycles. The molecule has 0 unspecified atom stereocenters. The maximum absolute atomic E-state index is 14.3. The third kappa shape index (κ3) is 4.55. The molecule has 6 rings (SSSR count). The Hall–Kier alpha value is -4.85. The second kappa shape index (κ2) is 9.96. The van der Waals surface area contributed by atoms with Gasteiger partial charge in [0.2, 0.25) is 0 Å². The highest BCUT2D eigenvalue weighted by Crippen LogP contribution is 2.37. The average molecular weight is 545 g/mol. The molecule has 0 aliphatic carbocycles. The van der Waals surface area contributed by atoms with Gasteiger partial charge in [0.05, 0.1) is 31.0 Å². The molecule has 8 heteroatoms. The first kappa shape index (κ1) is 26.4. The van der Waals surface area contributed by atoms with Crippen molar-refractivity contribution in [1.29, 1.82) is 5.41 Å². The van der Waals surface area contributed by atoms with Crippen LogP contribution in [0.25, 0.3) is 0 Å². The Labute approximate surface area is 239 Å². The van der Waals surface area contributed by atoms with Crippen LogP contribution in [0.2, 0.25) is 0 Å². The van der Waals surface area contributed by atoms with Crippen molar-refractivity contribution < 1.29 is 9.59 Å². The number of carbonyl (C=O) groups is 2. The lowest BCUT2D eigenvalue weighted by molar-refractivity contribution is -0.130. The Balaban J connectivity index is 1.35. The Morgan fingerprint density at radius 3 is 2.00 bits per heavy atom. The molecule has 0 saturated carbocycles. The van der Waals surface area contributed by atoms with Crippen molar-refractivity contribution in [2.45, 2.75) is 51.4 Å². The van der Waals surface area contributed by atoms with E-state index >= 15 is 0 Å². The monoisotopic (exact) mass is 544 g/mol. The van der Waals surface area contributed by atoms with Crippen LogP contribution in [0, 0.1) is 5.41 Å². The number of hydrogen-bond acceptors (Lipinski definition) is 5. The van der Waals surface area contributed by atoms with Crippen molar-refractivity contribution >= 4 is 17.8 Å². The third-order valence-electron chi connectivity index (χ3n) is 7.85. The largest absolute Gasteiger partial charge is 0.334 e. The van der Waals surface area contributed by atoms with Crippen LogP contribution in [0.4, 0.5) is 0 Å². The van der Waals surface area contributed by atoms with Crippen molar-refractivity contribution in [1.82, 2.24) is 25.1 Å². The van der Waals surface area contributed by atoms with E-state index in [4.69, 9.17) is 5.41 Å². The highest BCUT2D eigenvalue weighted by Gasteiger charge is 2.52. The molecule has 0 spiro atoms. The minimum atomic E-state index is -1.22. The van der Waals surface area contributed by atoms with Gasteiger partial charge in [0.25, 0.3) is 11.8 Å². The zero-order valence-corrected chi connectivity index (χ0v) is 23.4. The first-order chi connectivity index (χ1) is 19.7. The molecule has 0 atom stereocenters. The quantitative estimate of drug-likeness (QED) is 0.378. The highest BCUT2D eigenvalue weighted by molar-refractivity contribution is 6.10. The fraction of sp³-hybridized carbons (Fsp3) is 0.242. The van der Waals surface area contributed by atoms with Crippen LogP contribution in [0.5, 0.6) is 0 Å². The first-order valence-electron chi connectivity index (χ1n) is 13.7. The number of fused-ring (bicyclic) bond motifs is 1. The summed E-state index contributed by atoms with van der Waals surface area (Å²) in [5.74, 6) is -0.317. The van der Waals surface area contributed by atoms with Gasteiger partial charge in [-0.3, -0.25) is 29.9 Å². The minimum Gasteiger partial charge on any atom is -0.334 e. The summed E-state index contributed by atoms with van der Waals surface area (Å²) in [6, 6.07) is 24.8. The molecule has 1 aromatic heterocycles. The second-order valence-electron chi connectivity index (χ2n) is 11.6. The Kier molecular flexibility index (Phi) is 6.41. The van der Waals surface area contributed by atoms with Crippen molar-refractivity contribution in [3.05, 3.63) is 130 Å². The summed E-state index contributed by atoms with van der Waals surface area (Å²) in [4.78, 5) is 40.2. The molecular weight excluding hydrogens is 512 g/mol. The summed E-state index contributed by atoms with van der Waals surface area (Å²) in [6.45, 7) is 7.21. The van der Waals surface area contributed by atoms with E-state index in [1.54, 1.807) is 17.3 Å². The molecular formula is C33H32N6O2. The van der Waals surface area contributed by atoms with E-state index in [2.05, 4.69) is 36.1 Å². The summed E-state index contributed by atoms with van der Waals surface area (Å²) in [5.41, 5.74) is 3.94. The van der Waals surface area contributed by atoms with E-state index in [1.165, 1.54) is 4.90 Å². The number of carbonyl (C=O) groups excluding carboxylic acids is 2. The first-order valence-corrected chi connectivity index (χ1v) is 13.7. The highest BCUT2D eigenvalue weighted by atomic mass is 16.2. The molecule has 3 aromatic carbocycles. The van der Waals surface area contributed by atoms with Gasteiger partial charge < -0.3 is 10.2 Å². The lowest BCUT2D eigenvalue weighted by atomic mass is 9.82. The molecule has 0 bridgehead atoms. The number of nitrogens with one attached hydrogen (secondary N) is 2. The van der Waals surface area contributed by atoms with E-state index in [0.29, 0.717) is 18.7 Å².